The molecule has 2 atom stereocenters. The summed E-state index contributed by atoms with van der Waals surface area (Å²) in [7, 11) is 4.05. The van der Waals surface area contributed by atoms with Crippen LogP contribution in [-0.2, 0) is 9.59 Å². The molecule has 0 aliphatic carbocycles. The molecule has 1 aliphatic rings. The fourth-order valence-corrected chi connectivity index (χ4v) is 2.02. The van der Waals surface area contributed by atoms with Gasteiger partial charge in [0.05, 0.1) is 12.5 Å². The first-order valence-corrected chi connectivity index (χ1v) is 6.20. The summed E-state index contributed by atoms with van der Waals surface area (Å²) < 4.78 is 0. The van der Waals surface area contributed by atoms with Gasteiger partial charge in [0.1, 0.15) is 0 Å². The minimum Gasteiger partial charge on any atom is -0.309 e. The van der Waals surface area contributed by atoms with E-state index < -0.39 is 0 Å². The Morgan fingerprint density at radius 2 is 2.12 bits per heavy atom. The van der Waals surface area contributed by atoms with Crippen molar-refractivity contribution < 1.29 is 9.59 Å². The van der Waals surface area contributed by atoms with Crippen molar-refractivity contribution in [2.24, 2.45) is 0 Å². The van der Waals surface area contributed by atoms with Gasteiger partial charge in [-0.3, -0.25) is 14.5 Å². The van der Waals surface area contributed by atoms with E-state index in [1.807, 2.05) is 21.0 Å². The molecule has 2 amide bonds. The molecular weight excluding hydrogens is 218 g/mol. The smallest absolute Gasteiger partial charge is 0.246 e. The van der Waals surface area contributed by atoms with Crippen molar-refractivity contribution in [3.05, 3.63) is 0 Å². The second-order valence-corrected chi connectivity index (χ2v) is 4.89. The molecule has 5 nitrogen and oxygen atoms in total. The molecule has 98 valence electrons. The molecule has 5 heteroatoms. The van der Waals surface area contributed by atoms with Crippen molar-refractivity contribution in [2.75, 3.05) is 27.2 Å². The second kappa shape index (κ2) is 6.12. The normalized spacial score (nSPS) is 22.6. The predicted octanol–water partition coefficient (Wildman–Crippen LogP) is 0.0636. The molecule has 2 unspecified atom stereocenters. The van der Waals surface area contributed by atoms with E-state index in [4.69, 9.17) is 0 Å². The van der Waals surface area contributed by atoms with Crippen LogP contribution in [-0.4, -0.2) is 60.9 Å². The van der Waals surface area contributed by atoms with Crippen LogP contribution in [0.25, 0.3) is 0 Å². The van der Waals surface area contributed by atoms with Gasteiger partial charge in [0.2, 0.25) is 11.8 Å². The Labute approximate surface area is 103 Å². The number of amides is 2. The summed E-state index contributed by atoms with van der Waals surface area (Å²) in [4.78, 5) is 26.8. The Kier molecular flexibility index (Phi) is 5.08. The topological polar surface area (TPSA) is 52.7 Å². The molecule has 1 fully saturated rings. The maximum absolute atomic E-state index is 11.9. The molecule has 0 aromatic rings. The molecular formula is C12H23N3O2. The summed E-state index contributed by atoms with van der Waals surface area (Å²) >= 11 is 0. The number of rotatable bonds is 6. The molecule has 0 radical (unpaired) electrons. The van der Waals surface area contributed by atoms with Crippen LogP contribution in [0.1, 0.15) is 26.7 Å². The van der Waals surface area contributed by atoms with E-state index in [1.54, 1.807) is 0 Å². The SMILES string of the molecule is CCN1C(=O)CC(NC(C)CCN(C)C)C1=O. The fourth-order valence-electron chi connectivity index (χ4n) is 2.02. The Hall–Kier alpha value is -0.940. The van der Waals surface area contributed by atoms with Crippen LogP contribution in [0.4, 0.5) is 0 Å². The van der Waals surface area contributed by atoms with Crippen LogP contribution in [0, 0.1) is 0 Å². The van der Waals surface area contributed by atoms with E-state index >= 15 is 0 Å². The molecule has 0 bridgehead atoms. The lowest BCUT2D eigenvalue weighted by Gasteiger charge is -2.20. The fraction of sp³-hybridized carbons (Fsp3) is 0.833. The van der Waals surface area contributed by atoms with Gasteiger partial charge < -0.3 is 10.2 Å². The summed E-state index contributed by atoms with van der Waals surface area (Å²) in [6.45, 7) is 5.33. The highest BCUT2D eigenvalue weighted by Gasteiger charge is 2.37. The molecule has 0 saturated carbocycles. The highest BCUT2D eigenvalue weighted by atomic mass is 16.2. The van der Waals surface area contributed by atoms with Crippen LogP contribution >= 0.6 is 0 Å². The number of imide groups is 1. The molecule has 0 aromatic carbocycles. The number of nitrogens with zero attached hydrogens (tertiary/aromatic N) is 2. The first-order chi connectivity index (χ1) is 7.95. The quantitative estimate of drug-likeness (QED) is 0.668. The number of likely N-dealkylation sites (N-methyl/N-ethyl adjacent to an activating group) is 1. The minimum absolute atomic E-state index is 0.0604. The van der Waals surface area contributed by atoms with Gasteiger partial charge >= 0.3 is 0 Å². The van der Waals surface area contributed by atoms with Crippen LogP contribution < -0.4 is 5.32 Å². The Bertz CT molecular complexity index is 291. The average molecular weight is 241 g/mol. The number of hydrogen-bond acceptors (Lipinski definition) is 4. The van der Waals surface area contributed by atoms with Crippen molar-refractivity contribution in [3.63, 3.8) is 0 Å². The third-order valence-electron chi connectivity index (χ3n) is 3.06. The zero-order chi connectivity index (χ0) is 13.0. The van der Waals surface area contributed by atoms with Gasteiger partial charge in [0.15, 0.2) is 0 Å². The zero-order valence-electron chi connectivity index (χ0n) is 11.2. The highest BCUT2D eigenvalue weighted by Crippen LogP contribution is 2.13. The van der Waals surface area contributed by atoms with Crippen LogP contribution in [0.15, 0.2) is 0 Å². The highest BCUT2D eigenvalue weighted by molar-refractivity contribution is 6.05. The Morgan fingerprint density at radius 1 is 1.47 bits per heavy atom. The summed E-state index contributed by atoms with van der Waals surface area (Å²) in [5, 5.41) is 3.24. The van der Waals surface area contributed by atoms with Gasteiger partial charge in [-0.25, -0.2) is 0 Å². The van der Waals surface area contributed by atoms with E-state index in [0.29, 0.717) is 13.0 Å². The molecule has 1 aliphatic heterocycles. The standard InChI is InChI=1S/C12H23N3O2/c1-5-15-11(16)8-10(12(15)17)13-9(2)6-7-14(3)4/h9-10,13H,5-8H2,1-4H3. The van der Waals surface area contributed by atoms with Gasteiger partial charge in [0.25, 0.3) is 0 Å². The number of likely N-dealkylation sites (tertiary alicyclic amines) is 1. The summed E-state index contributed by atoms with van der Waals surface area (Å²) in [5.41, 5.74) is 0. The third kappa shape index (κ3) is 3.78. The van der Waals surface area contributed by atoms with Gasteiger partial charge in [-0.05, 0) is 40.9 Å². The third-order valence-corrected chi connectivity index (χ3v) is 3.06. The Morgan fingerprint density at radius 3 is 2.59 bits per heavy atom. The van der Waals surface area contributed by atoms with E-state index in [0.717, 1.165) is 13.0 Å². The number of hydrogen-bond donors (Lipinski definition) is 1. The van der Waals surface area contributed by atoms with Crippen molar-refractivity contribution in [1.29, 1.82) is 0 Å². The second-order valence-electron chi connectivity index (χ2n) is 4.89. The molecule has 0 spiro atoms. The molecule has 0 aromatic heterocycles. The molecule has 1 heterocycles. The van der Waals surface area contributed by atoms with Crippen LogP contribution in [0.3, 0.4) is 0 Å². The lowest BCUT2D eigenvalue weighted by Crippen LogP contribution is -2.43. The number of nitrogens with one attached hydrogen (secondary N) is 1. The van der Waals surface area contributed by atoms with E-state index in [9.17, 15) is 9.59 Å². The van der Waals surface area contributed by atoms with E-state index in [1.165, 1.54) is 4.90 Å². The van der Waals surface area contributed by atoms with Crippen molar-refractivity contribution in [1.82, 2.24) is 15.1 Å². The van der Waals surface area contributed by atoms with Crippen LogP contribution in [0.2, 0.25) is 0 Å². The van der Waals surface area contributed by atoms with Crippen molar-refractivity contribution in [3.8, 4) is 0 Å². The maximum Gasteiger partial charge on any atom is 0.246 e. The van der Waals surface area contributed by atoms with Gasteiger partial charge in [0, 0.05) is 12.6 Å². The number of carbonyl (C=O) groups is 2. The van der Waals surface area contributed by atoms with Gasteiger partial charge in [-0.2, -0.15) is 0 Å². The van der Waals surface area contributed by atoms with Crippen molar-refractivity contribution in [2.45, 2.75) is 38.8 Å². The van der Waals surface area contributed by atoms with Gasteiger partial charge in [-0.1, -0.05) is 0 Å². The minimum atomic E-state index is -0.320. The number of carbonyl (C=O) groups excluding carboxylic acids is 2. The van der Waals surface area contributed by atoms with Crippen LogP contribution in [0.5, 0.6) is 0 Å². The van der Waals surface area contributed by atoms with Gasteiger partial charge in [-0.15, -0.1) is 0 Å². The maximum atomic E-state index is 11.9. The summed E-state index contributed by atoms with van der Waals surface area (Å²) in [5.74, 6) is -0.135. The average Bonchev–Trinajstić information content (AvgIpc) is 2.51. The summed E-state index contributed by atoms with van der Waals surface area (Å²) in [6.07, 6.45) is 1.27. The van der Waals surface area contributed by atoms with E-state index in [-0.39, 0.29) is 23.9 Å². The zero-order valence-corrected chi connectivity index (χ0v) is 11.2. The first-order valence-electron chi connectivity index (χ1n) is 6.20. The van der Waals surface area contributed by atoms with Crippen molar-refractivity contribution >= 4 is 11.8 Å². The lowest BCUT2D eigenvalue weighted by atomic mass is 10.1. The summed E-state index contributed by atoms with van der Waals surface area (Å²) in [6, 6.07) is -0.0735. The molecule has 1 N–H and O–H groups in total. The monoisotopic (exact) mass is 241 g/mol. The predicted molar refractivity (Wildman–Crippen MR) is 66.6 cm³/mol. The first kappa shape index (κ1) is 14.1. The molecule has 17 heavy (non-hydrogen) atoms. The molecule has 1 saturated heterocycles. The van der Waals surface area contributed by atoms with E-state index in [2.05, 4.69) is 17.1 Å². The largest absolute Gasteiger partial charge is 0.309 e. The Balaban J connectivity index is 2.42. The molecule has 1 rings (SSSR count). The lowest BCUT2D eigenvalue weighted by molar-refractivity contribution is -0.138.